The lowest BCUT2D eigenvalue weighted by molar-refractivity contribution is 0.110. The van der Waals surface area contributed by atoms with Crippen LogP contribution in [0.3, 0.4) is 0 Å². The molecule has 0 radical (unpaired) electrons. The molecule has 1 saturated heterocycles. The van der Waals surface area contributed by atoms with Crippen LogP contribution in [-0.2, 0) is 6.42 Å². The van der Waals surface area contributed by atoms with E-state index in [1.165, 1.54) is 11.1 Å². The quantitative estimate of drug-likeness (QED) is 0.692. The average Bonchev–Trinajstić information content (AvgIpc) is 2.75. The van der Waals surface area contributed by atoms with Gasteiger partial charge >= 0.3 is 0 Å². The Kier molecular flexibility index (Phi) is 7.52. The molecule has 1 atom stereocenters. The second kappa shape index (κ2) is 10.3. The van der Waals surface area contributed by atoms with Crippen LogP contribution in [0.15, 0.2) is 54.6 Å². The molecule has 4 nitrogen and oxygen atoms in total. The number of benzene rings is 2. The fraction of sp³-hybridized carbons (Fsp3) is 0.417. The molecule has 1 aliphatic heterocycles. The van der Waals surface area contributed by atoms with Gasteiger partial charge in [-0.1, -0.05) is 48.6 Å². The maximum Gasteiger partial charge on any atom is 0.160 e. The van der Waals surface area contributed by atoms with Gasteiger partial charge in [0.2, 0.25) is 0 Å². The molecule has 4 heteroatoms. The lowest BCUT2D eigenvalue weighted by Gasteiger charge is -2.37. The normalized spacial score (nSPS) is 17.0. The fourth-order valence-electron chi connectivity index (χ4n) is 3.77. The molecule has 2 aromatic carbocycles. The summed E-state index contributed by atoms with van der Waals surface area (Å²) in [7, 11) is 3.37. The van der Waals surface area contributed by atoms with Crippen molar-refractivity contribution >= 4 is 6.08 Å². The zero-order valence-corrected chi connectivity index (χ0v) is 17.3. The SMILES string of the molecule is COc1ccc(CC(C)N2CCN(CC=Cc3ccccc3)CC2)cc1OC. The van der Waals surface area contributed by atoms with Crippen LogP contribution in [0.5, 0.6) is 11.5 Å². The maximum atomic E-state index is 5.44. The van der Waals surface area contributed by atoms with Crippen LogP contribution in [0.1, 0.15) is 18.1 Å². The summed E-state index contributed by atoms with van der Waals surface area (Å²) >= 11 is 0. The van der Waals surface area contributed by atoms with Gasteiger partial charge in [-0.3, -0.25) is 9.80 Å². The summed E-state index contributed by atoms with van der Waals surface area (Å²) < 4.78 is 10.8. The van der Waals surface area contributed by atoms with Crippen LogP contribution in [0.2, 0.25) is 0 Å². The van der Waals surface area contributed by atoms with Gasteiger partial charge in [0.1, 0.15) is 0 Å². The van der Waals surface area contributed by atoms with Gasteiger partial charge in [-0.2, -0.15) is 0 Å². The highest BCUT2D eigenvalue weighted by atomic mass is 16.5. The Labute approximate surface area is 169 Å². The third kappa shape index (κ3) is 5.60. The van der Waals surface area contributed by atoms with E-state index in [0.717, 1.165) is 50.6 Å². The summed E-state index contributed by atoms with van der Waals surface area (Å²) in [6.07, 6.45) is 5.51. The van der Waals surface area contributed by atoms with Crippen LogP contribution >= 0.6 is 0 Å². The molecule has 0 bridgehead atoms. The first kappa shape index (κ1) is 20.4. The number of methoxy groups -OCH3 is 2. The van der Waals surface area contributed by atoms with Crippen molar-refractivity contribution in [2.45, 2.75) is 19.4 Å². The number of nitrogens with zero attached hydrogens (tertiary/aromatic N) is 2. The summed E-state index contributed by atoms with van der Waals surface area (Å²) in [6.45, 7) is 7.82. The smallest absolute Gasteiger partial charge is 0.160 e. The minimum absolute atomic E-state index is 0.514. The predicted octanol–water partition coefficient (Wildman–Crippen LogP) is 3.97. The number of ether oxygens (including phenoxy) is 2. The first-order chi connectivity index (χ1) is 13.7. The summed E-state index contributed by atoms with van der Waals surface area (Å²) in [4.78, 5) is 5.12. The lowest BCUT2D eigenvalue weighted by Crippen LogP contribution is -2.50. The fourth-order valence-corrected chi connectivity index (χ4v) is 3.77. The van der Waals surface area contributed by atoms with Gasteiger partial charge in [0, 0.05) is 38.8 Å². The molecule has 1 unspecified atom stereocenters. The zero-order valence-electron chi connectivity index (χ0n) is 17.3. The molecular weight excluding hydrogens is 348 g/mol. The van der Waals surface area contributed by atoms with Crippen LogP contribution in [0, 0.1) is 0 Å². The molecule has 0 amide bonds. The van der Waals surface area contributed by atoms with Crippen molar-refractivity contribution in [1.82, 2.24) is 9.80 Å². The van der Waals surface area contributed by atoms with Crippen molar-refractivity contribution in [1.29, 1.82) is 0 Å². The number of hydrogen-bond acceptors (Lipinski definition) is 4. The predicted molar refractivity (Wildman–Crippen MR) is 116 cm³/mol. The van der Waals surface area contributed by atoms with Crippen LogP contribution in [0.4, 0.5) is 0 Å². The van der Waals surface area contributed by atoms with E-state index >= 15 is 0 Å². The number of rotatable bonds is 8. The lowest BCUT2D eigenvalue weighted by atomic mass is 10.0. The Hall–Kier alpha value is -2.30. The molecule has 1 aliphatic rings. The second-order valence-electron chi connectivity index (χ2n) is 7.39. The van der Waals surface area contributed by atoms with Gasteiger partial charge < -0.3 is 9.47 Å². The van der Waals surface area contributed by atoms with E-state index in [9.17, 15) is 0 Å². The Morgan fingerprint density at radius 3 is 2.32 bits per heavy atom. The highest BCUT2D eigenvalue weighted by Crippen LogP contribution is 2.28. The molecule has 1 heterocycles. The third-order valence-corrected chi connectivity index (χ3v) is 5.48. The van der Waals surface area contributed by atoms with Gasteiger partial charge in [0.25, 0.3) is 0 Å². The van der Waals surface area contributed by atoms with Gasteiger partial charge in [-0.05, 0) is 36.6 Å². The highest BCUT2D eigenvalue weighted by Gasteiger charge is 2.21. The standard InChI is InChI=1S/C24H32N2O2/c1-20(18-22-11-12-23(27-2)24(19-22)28-3)26-16-14-25(15-17-26)13-7-10-21-8-5-4-6-9-21/h4-12,19-20H,13-18H2,1-3H3. The van der Waals surface area contributed by atoms with Crippen molar-refractivity contribution < 1.29 is 9.47 Å². The van der Waals surface area contributed by atoms with E-state index in [0.29, 0.717) is 6.04 Å². The molecule has 28 heavy (non-hydrogen) atoms. The third-order valence-electron chi connectivity index (χ3n) is 5.48. The molecule has 0 aliphatic carbocycles. The van der Waals surface area contributed by atoms with Crippen molar-refractivity contribution in [2.24, 2.45) is 0 Å². The van der Waals surface area contributed by atoms with Crippen LogP contribution < -0.4 is 9.47 Å². The van der Waals surface area contributed by atoms with Crippen LogP contribution in [-0.4, -0.2) is 62.8 Å². The minimum Gasteiger partial charge on any atom is -0.493 e. The van der Waals surface area contributed by atoms with Crippen molar-refractivity contribution in [2.75, 3.05) is 46.9 Å². The van der Waals surface area contributed by atoms with E-state index in [2.05, 4.69) is 71.3 Å². The topological polar surface area (TPSA) is 24.9 Å². The second-order valence-corrected chi connectivity index (χ2v) is 7.39. The molecule has 0 spiro atoms. The zero-order chi connectivity index (χ0) is 19.8. The molecule has 0 saturated carbocycles. The summed E-state index contributed by atoms with van der Waals surface area (Å²) in [5.41, 5.74) is 2.56. The largest absolute Gasteiger partial charge is 0.493 e. The van der Waals surface area contributed by atoms with Gasteiger partial charge in [0.05, 0.1) is 14.2 Å². The Balaban J connectivity index is 1.46. The van der Waals surface area contributed by atoms with Crippen LogP contribution in [0.25, 0.3) is 6.08 Å². The first-order valence-corrected chi connectivity index (χ1v) is 10.1. The van der Waals surface area contributed by atoms with E-state index < -0.39 is 0 Å². The number of piperazine rings is 1. The highest BCUT2D eigenvalue weighted by molar-refractivity contribution is 5.48. The molecule has 0 N–H and O–H groups in total. The summed E-state index contributed by atoms with van der Waals surface area (Å²) in [5, 5.41) is 0. The van der Waals surface area contributed by atoms with E-state index in [1.807, 2.05) is 6.07 Å². The minimum atomic E-state index is 0.514. The van der Waals surface area contributed by atoms with Gasteiger partial charge in [-0.15, -0.1) is 0 Å². The summed E-state index contributed by atoms with van der Waals surface area (Å²) in [5.74, 6) is 1.60. The van der Waals surface area contributed by atoms with Gasteiger partial charge in [0.15, 0.2) is 11.5 Å². The molecule has 150 valence electrons. The monoisotopic (exact) mass is 380 g/mol. The van der Waals surface area contributed by atoms with E-state index in [1.54, 1.807) is 14.2 Å². The van der Waals surface area contributed by atoms with Crippen molar-refractivity contribution in [3.05, 3.63) is 65.7 Å². The number of hydrogen-bond donors (Lipinski definition) is 0. The van der Waals surface area contributed by atoms with E-state index in [4.69, 9.17) is 9.47 Å². The van der Waals surface area contributed by atoms with Crippen molar-refractivity contribution in [3.63, 3.8) is 0 Å². The Bertz CT molecular complexity index is 752. The first-order valence-electron chi connectivity index (χ1n) is 10.1. The molecule has 0 aromatic heterocycles. The average molecular weight is 381 g/mol. The Morgan fingerprint density at radius 2 is 1.64 bits per heavy atom. The summed E-state index contributed by atoms with van der Waals surface area (Å²) in [6, 6.07) is 17.3. The molecular formula is C24H32N2O2. The van der Waals surface area contributed by atoms with Crippen molar-refractivity contribution in [3.8, 4) is 11.5 Å². The molecule has 3 rings (SSSR count). The van der Waals surface area contributed by atoms with Gasteiger partial charge in [-0.25, -0.2) is 0 Å². The van der Waals surface area contributed by atoms with E-state index in [-0.39, 0.29) is 0 Å². The molecule has 2 aromatic rings. The maximum absolute atomic E-state index is 5.44. The molecule has 1 fully saturated rings. The Morgan fingerprint density at radius 1 is 0.929 bits per heavy atom.